The average molecular weight is 332 g/mol. The Balaban J connectivity index is 1.92. The van der Waals surface area contributed by atoms with E-state index >= 15 is 0 Å². The number of aromatic nitrogens is 2. The molecule has 3 aliphatic carbocycles. The Labute approximate surface area is 138 Å². The van der Waals surface area contributed by atoms with Crippen molar-refractivity contribution in [3.05, 3.63) is 46.8 Å². The van der Waals surface area contributed by atoms with Gasteiger partial charge in [0, 0.05) is 17.5 Å². The van der Waals surface area contributed by atoms with Gasteiger partial charge in [-0.3, -0.25) is 0 Å². The van der Waals surface area contributed by atoms with Gasteiger partial charge in [-0.15, -0.1) is 0 Å². The molecule has 3 aliphatic rings. The summed E-state index contributed by atoms with van der Waals surface area (Å²) in [5, 5.41) is 4.39. The van der Waals surface area contributed by atoms with Crippen molar-refractivity contribution in [1.29, 1.82) is 0 Å². The van der Waals surface area contributed by atoms with Crippen LogP contribution in [0.15, 0.2) is 18.2 Å². The van der Waals surface area contributed by atoms with Gasteiger partial charge in [-0.05, 0) is 50.7 Å². The minimum Gasteiger partial charge on any atom is -0.461 e. The van der Waals surface area contributed by atoms with Crippen molar-refractivity contribution in [2.24, 2.45) is 0 Å². The highest BCUT2D eigenvalue weighted by atomic mass is 19.1. The molecule has 1 saturated carbocycles. The Bertz CT molecular complexity index is 808. The summed E-state index contributed by atoms with van der Waals surface area (Å²) in [6.45, 7) is 2.01. The zero-order chi connectivity index (χ0) is 16.8. The normalized spacial score (nSPS) is 21.6. The Morgan fingerprint density at radius 3 is 2.62 bits per heavy atom. The average Bonchev–Trinajstić information content (AvgIpc) is 2.99. The molecule has 0 unspecified atom stereocenters. The number of ether oxygens (including phenoxy) is 1. The van der Waals surface area contributed by atoms with Gasteiger partial charge in [-0.2, -0.15) is 5.10 Å². The molecule has 4 nitrogen and oxygen atoms in total. The van der Waals surface area contributed by atoms with Gasteiger partial charge >= 0.3 is 5.97 Å². The van der Waals surface area contributed by atoms with E-state index in [2.05, 4.69) is 5.10 Å². The largest absolute Gasteiger partial charge is 0.461 e. The van der Waals surface area contributed by atoms with Crippen molar-refractivity contribution < 1.29 is 18.3 Å². The molecule has 126 valence electrons. The molecule has 0 aliphatic heterocycles. The van der Waals surface area contributed by atoms with Crippen LogP contribution in [0.2, 0.25) is 0 Å². The molecule has 0 spiro atoms. The minimum absolute atomic E-state index is 0.177. The van der Waals surface area contributed by atoms with Crippen molar-refractivity contribution in [3.63, 3.8) is 0 Å². The zero-order valence-corrected chi connectivity index (χ0v) is 13.4. The second-order valence-corrected chi connectivity index (χ2v) is 6.42. The first-order chi connectivity index (χ1) is 11.6. The van der Waals surface area contributed by atoms with Crippen LogP contribution < -0.4 is 0 Å². The number of fused-ring (bicyclic) bond motifs is 2. The van der Waals surface area contributed by atoms with Gasteiger partial charge in [0.25, 0.3) is 0 Å². The van der Waals surface area contributed by atoms with Crippen LogP contribution in [0.5, 0.6) is 0 Å². The number of hydrogen-bond donors (Lipinski definition) is 0. The fourth-order valence-electron chi connectivity index (χ4n) is 4.08. The quantitative estimate of drug-likeness (QED) is 0.796. The number of carbonyl (C=O) groups is 1. The molecule has 2 bridgehead atoms. The van der Waals surface area contributed by atoms with Crippen LogP contribution in [-0.4, -0.2) is 22.4 Å². The SMILES string of the molecule is CCOC(=O)c1nn(-c2ccc(F)cc2F)c2c1C1CCC2CC1. The van der Waals surface area contributed by atoms with Crippen LogP contribution in [-0.2, 0) is 4.74 Å². The van der Waals surface area contributed by atoms with E-state index in [1.165, 1.54) is 16.8 Å². The van der Waals surface area contributed by atoms with E-state index in [0.29, 0.717) is 0 Å². The summed E-state index contributed by atoms with van der Waals surface area (Å²) in [5.74, 6) is -1.27. The molecule has 0 N–H and O–H groups in total. The van der Waals surface area contributed by atoms with Gasteiger partial charge in [0.2, 0.25) is 0 Å². The summed E-state index contributed by atoms with van der Waals surface area (Å²) in [7, 11) is 0. The summed E-state index contributed by atoms with van der Waals surface area (Å²) < 4.78 is 34.2. The lowest BCUT2D eigenvalue weighted by Gasteiger charge is -2.36. The van der Waals surface area contributed by atoms with E-state index in [1.807, 2.05) is 0 Å². The molecule has 6 heteroatoms. The lowest BCUT2D eigenvalue weighted by atomic mass is 9.69. The van der Waals surface area contributed by atoms with Gasteiger partial charge in [0.1, 0.15) is 11.5 Å². The van der Waals surface area contributed by atoms with Gasteiger partial charge < -0.3 is 4.74 Å². The highest BCUT2D eigenvalue weighted by Gasteiger charge is 2.41. The lowest BCUT2D eigenvalue weighted by molar-refractivity contribution is 0.0516. The van der Waals surface area contributed by atoms with Gasteiger partial charge in [0.15, 0.2) is 11.5 Å². The molecule has 5 rings (SSSR count). The minimum atomic E-state index is -0.683. The second kappa shape index (κ2) is 5.69. The topological polar surface area (TPSA) is 44.1 Å². The van der Waals surface area contributed by atoms with E-state index in [1.54, 1.807) is 6.92 Å². The number of benzene rings is 1. The van der Waals surface area contributed by atoms with E-state index < -0.39 is 17.6 Å². The molecular formula is C18H18F2N2O2. The highest BCUT2D eigenvalue weighted by Crippen LogP contribution is 2.51. The smallest absolute Gasteiger partial charge is 0.359 e. The number of rotatable bonds is 3. The Morgan fingerprint density at radius 1 is 1.25 bits per heavy atom. The first-order valence-electron chi connectivity index (χ1n) is 8.35. The summed E-state index contributed by atoms with van der Waals surface area (Å²) in [6.07, 6.45) is 4.05. The summed E-state index contributed by atoms with van der Waals surface area (Å²) >= 11 is 0. The van der Waals surface area contributed by atoms with Crippen molar-refractivity contribution in [2.75, 3.05) is 6.61 Å². The first kappa shape index (κ1) is 15.3. The Kier molecular flexibility index (Phi) is 3.62. The molecule has 1 heterocycles. The number of esters is 1. The predicted octanol–water partition coefficient (Wildman–Crippen LogP) is 4.08. The van der Waals surface area contributed by atoms with E-state index in [9.17, 15) is 13.6 Å². The van der Waals surface area contributed by atoms with Crippen LogP contribution in [0, 0.1) is 11.6 Å². The van der Waals surface area contributed by atoms with Crippen LogP contribution in [0.1, 0.15) is 66.2 Å². The monoisotopic (exact) mass is 332 g/mol. The molecule has 0 atom stereocenters. The third-order valence-corrected chi connectivity index (χ3v) is 5.09. The summed E-state index contributed by atoms with van der Waals surface area (Å²) in [6, 6.07) is 3.42. The number of hydrogen-bond acceptors (Lipinski definition) is 3. The van der Waals surface area contributed by atoms with Crippen LogP contribution >= 0.6 is 0 Å². The van der Waals surface area contributed by atoms with Crippen LogP contribution in [0.4, 0.5) is 8.78 Å². The number of carbonyl (C=O) groups excluding carboxylic acids is 1. The van der Waals surface area contributed by atoms with Gasteiger partial charge in [-0.25, -0.2) is 18.3 Å². The molecule has 2 aromatic rings. The van der Waals surface area contributed by atoms with Crippen molar-refractivity contribution in [3.8, 4) is 5.69 Å². The maximum Gasteiger partial charge on any atom is 0.359 e. The molecule has 1 aromatic carbocycles. The van der Waals surface area contributed by atoms with Gasteiger partial charge in [0.05, 0.1) is 12.3 Å². The predicted molar refractivity (Wildman–Crippen MR) is 83.4 cm³/mol. The number of nitrogens with zero attached hydrogens (tertiary/aromatic N) is 2. The van der Waals surface area contributed by atoms with Crippen molar-refractivity contribution >= 4 is 5.97 Å². The second-order valence-electron chi connectivity index (χ2n) is 6.42. The molecule has 0 amide bonds. The third kappa shape index (κ3) is 2.24. The maximum atomic E-state index is 14.3. The Hall–Kier alpha value is -2.24. The molecule has 1 aromatic heterocycles. The van der Waals surface area contributed by atoms with Crippen molar-refractivity contribution in [1.82, 2.24) is 9.78 Å². The van der Waals surface area contributed by atoms with E-state index in [0.717, 1.165) is 43.0 Å². The van der Waals surface area contributed by atoms with Crippen LogP contribution in [0.3, 0.4) is 0 Å². The van der Waals surface area contributed by atoms with E-state index in [4.69, 9.17) is 4.74 Å². The van der Waals surface area contributed by atoms with Crippen LogP contribution in [0.25, 0.3) is 5.69 Å². The molecule has 24 heavy (non-hydrogen) atoms. The van der Waals surface area contributed by atoms with Crippen molar-refractivity contribution in [2.45, 2.75) is 44.4 Å². The Morgan fingerprint density at radius 2 is 1.96 bits per heavy atom. The highest BCUT2D eigenvalue weighted by molar-refractivity contribution is 5.90. The zero-order valence-electron chi connectivity index (χ0n) is 13.4. The molecule has 1 fully saturated rings. The number of halogens is 2. The first-order valence-corrected chi connectivity index (χ1v) is 8.35. The lowest BCUT2D eigenvalue weighted by Crippen LogP contribution is -2.24. The fourth-order valence-corrected chi connectivity index (χ4v) is 4.08. The molecular weight excluding hydrogens is 314 g/mol. The van der Waals surface area contributed by atoms with Gasteiger partial charge in [-0.1, -0.05) is 0 Å². The summed E-state index contributed by atoms with van der Waals surface area (Å²) in [4.78, 5) is 12.3. The summed E-state index contributed by atoms with van der Waals surface area (Å²) in [5.41, 5.74) is 2.26. The fraction of sp³-hybridized carbons (Fsp3) is 0.444. The molecule has 0 saturated heterocycles. The maximum absolute atomic E-state index is 14.3. The third-order valence-electron chi connectivity index (χ3n) is 5.09. The molecule has 0 radical (unpaired) electrons. The standard InChI is InChI=1S/C18H18F2N2O2/c1-2-24-18(23)16-15-10-3-5-11(6-4-10)17(15)22(21-16)14-8-7-12(19)9-13(14)20/h7-11H,2-6H2,1H3. The van der Waals surface area contributed by atoms with E-state index in [-0.39, 0.29) is 29.8 Å².